The van der Waals surface area contributed by atoms with Gasteiger partial charge in [-0.2, -0.15) is 0 Å². The standard InChI is InChI=1S/C18H19N3O2/c22-16-10-12(18(23)21(16)14-5-2-1-3-6-14)9-13-11-20-17-15(13)7-4-8-19-17/h4,7-9,11,14H,1-3,5-6,10H2,(H,19,20). The molecule has 5 heteroatoms. The molecular weight excluding hydrogens is 290 g/mol. The van der Waals surface area contributed by atoms with Crippen LogP contribution in [0.2, 0.25) is 0 Å². The third-order valence-corrected chi connectivity index (χ3v) is 4.86. The smallest absolute Gasteiger partial charge is 0.257 e. The van der Waals surface area contributed by atoms with Crippen molar-refractivity contribution in [2.45, 2.75) is 44.6 Å². The van der Waals surface area contributed by atoms with Crippen LogP contribution in [-0.4, -0.2) is 32.7 Å². The van der Waals surface area contributed by atoms with Crippen LogP contribution in [0.4, 0.5) is 0 Å². The molecule has 2 aliphatic rings. The number of pyridine rings is 1. The molecule has 0 spiro atoms. The normalized spacial score (nSPS) is 21.7. The summed E-state index contributed by atoms with van der Waals surface area (Å²) in [5.74, 6) is -0.161. The molecule has 0 radical (unpaired) electrons. The van der Waals surface area contributed by atoms with Gasteiger partial charge in [-0.3, -0.25) is 14.5 Å². The van der Waals surface area contributed by atoms with E-state index in [0.29, 0.717) is 5.57 Å². The van der Waals surface area contributed by atoms with Crippen LogP contribution in [0.5, 0.6) is 0 Å². The van der Waals surface area contributed by atoms with Gasteiger partial charge in [0.15, 0.2) is 0 Å². The van der Waals surface area contributed by atoms with E-state index in [1.807, 2.05) is 24.4 Å². The van der Waals surface area contributed by atoms with Crippen LogP contribution in [0.1, 0.15) is 44.1 Å². The minimum Gasteiger partial charge on any atom is -0.346 e. The van der Waals surface area contributed by atoms with Crippen molar-refractivity contribution in [1.82, 2.24) is 14.9 Å². The molecule has 2 fully saturated rings. The predicted octanol–water partition coefficient (Wildman–Crippen LogP) is 3.04. The Labute approximate surface area is 134 Å². The van der Waals surface area contributed by atoms with E-state index in [9.17, 15) is 9.59 Å². The van der Waals surface area contributed by atoms with Crippen molar-refractivity contribution in [3.63, 3.8) is 0 Å². The predicted molar refractivity (Wildman–Crippen MR) is 87.4 cm³/mol. The molecule has 3 heterocycles. The molecule has 0 unspecified atom stereocenters. The zero-order chi connectivity index (χ0) is 15.8. The van der Waals surface area contributed by atoms with Crippen molar-refractivity contribution >= 4 is 28.9 Å². The fourth-order valence-electron chi connectivity index (χ4n) is 3.70. The van der Waals surface area contributed by atoms with Gasteiger partial charge >= 0.3 is 0 Å². The van der Waals surface area contributed by atoms with Crippen molar-refractivity contribution in [2.75, 3.05) is 0 Å². The number of likely N-dealkylation sites (tertiary alicyclic amines) is 1. The lowest BCUT2D eigenvalue weighted by molar-refractivity contribution is -0.141. The van der Waals surface area contributed by atoms with Gasteiger partial charge in [0.25, 0.3) is 5.91 Å². The van der Waals surface area contributed by atoms with Gasteiger partial charge in [0.2, 0.25) is 5.91 Å². The van der Waals surface area contributed by atoms with Crippen molar-refractivity contribution in [1.29, 1.82) is 0 Å². The lowest BCUT2D eigenvalue weighted by Crippen LogP contribution is -2.40. The summed E-state index contributed by atoms with van der Waals surface area (Å²) in [6.07, 6.45) is 10.9. The SMILES string of the molecule is O=C1CC(=Cc2c[nH]c3ncccc23)C(=O)N1C1CCCCC1. The summed E-state index contributed by atoms with van der Waals surface area (Å²) in [5, 5.41) is 0.969. The van der Waals surface area contributed by atoms with E-state index in [2.05, 4.69) is 9.97 Å². The number of H-pyrrole nitrogens is 1. The Morgan fingerprint density at radius 2 is 2.04 bits per heavy atom. The third-order valence-electron chi connectivity index (χ3n) is 4.86. The van der Waals surface area contributed by atoms with Crippen LogP contribution < -0.4 is 0 Å². The number of rotatable bonds is 2. The zero-order valence-electron chi connectivity index (χ0n) is 12.9. The van der Waals surface area contributed by atoms with Crippen LogP contribution in [0.15, 0.2) is 30.1 Å². The summed E-state index contributed by atoms with van der Waals surface area (Å²) < 4.78 is 0. The molecule has 1 saturated carbocycles. The minimum absolute atomic E-state index is 0.0499. The average Bonchev–Trinajstić information content (AvgIpc) is 3.10. The summed E-state index contributed by atoms with van der Waals surface area (Å²) in [6.45, 7) is 0. The van der Waals surface area contributed by atoms with Gasteiger partial charge < -0.3 is 4.98 Å². The molecule has 23 heavy (non-hydrogen) atoms. The number of nitrogens with one attached hydrogen (secondary N) is 1. The molecule has 1 saturated heterocycles. The van der Waals surface area contributed by atoms with E-state index in [0.717, 1.165) is 42.3 Å². The Balaban J connectivity index is 1.64. The number of fused-ring (bicyclic) bond motifs is 1. The highest BCUT2D eigenvalue weighted by atomic mass is 16.2. The van der Waals surface area contributed by atoms with Crippen LogP contribution in [0.25, 0.3) is 17.1 Å². The second kappa shape index (κ2) is 5.65. The number of hydrogen-bond donors (Lipinski definition) is 1. The quantitative estimate of drug-likeness (QED) is 0.685. The molecule has 0 atom stereocenters. The van der Waals surface area contributed by atoms with Crippen molar-refractivity contribution in [3.05, 3.63) is 35.7 Å². The Hall–Kier alpha value is -2.43. The number of aromatic amines is 1. The van der Waals surface area contributed by atoms with E-state index in [4.69, 9.17) is 0 Å². The van der Waals surface area contributed by atoms with Crippen LogP contribution in [0, 0.1) is 0 Å². The Bertz CT molecular complexity index is 799. The lowest BCUT2D eigenvalue weighted by Gasteiger charge is -2.29. The molecule has 5 nitrogen and oxygen atoms in total. The number of carbonyl (C=O) groups is 2. The summed E-state index contributed by atoms with van der Waals surface area (Å²) in [6, 6.07) is 3.93. The number of hydrogen-bond acceptors (Lipinski definition) is 3. The highest BCUT2D eigenvalue weighted by Gasteiger charge is 2.38. The van der Waals surface area contributed by atoms with Gasteiger partial charge in [-0.25, -0.2) is 4.98 Å². The third kappa shape index (κ3) is 2.46. The second-order valence-corrected chi connectivity index (χ2v) is 6.35. The molecule has 2 amide bonds. The molecule has 0 aromatic carbocycles. The summed E-state index contributed by atoms with van der Waals surface area (Å²) in [4.78, 5) is 33.9. The molecule has 1 N–H and O–H groups in total. The first-order valence-corrected chi connectivity index (χ1v) is 8.23. The Kier molecular flexibility index (Phi) is 3.48. The number of imide groups is 1. The molecule has 1 aliphatic heterocycles. The van der Waals surface area contributed by atoms with E-state index < -0.39 is 0 Å². The van der Waals surface area contributed by atoms with Gasteiger partial charge in [0, 0.05) is 35.0 Å². The van der Waals surface area contributed by atoms with E-state index in [-0.39, 0.29) is 24.3 Å². The monoisotopic (exact) mass is 309 g/mol. The summed E-state index contributed by atoms with van der Waals surface area (Å²) >= 11 is 0. The molecule has 118 valence electrons. The number of carbonyl (C=O) groups excluding carboxylic acids is 2. The molecular formula is C18H19N3O2. The zero-order valence-corrected chi connectivity index (χ0v) is 12.9. The maximum Gasteiger partial charge on any atom is 0.257 e. The maximum absolute atomic E-state index is 12.7. The molecule has 0 bridgehead atoms. The van der Waals surface area contributed by atoms with E-state index in [1.54, 1.807) is 6.20 Å². The summed E-state index contributed by atoms with van der Waals surface area (Å²) in [5.41, 5.74) is 2.29. The van der Waals surface area contributed by atoms with Gasteiger partial charge in [0.1, 0.15) is 5.65 Å². The second-order valence-electron chi connectivity index (χ2n) is 6.35. The fourth-order valence-corrected chi connectivity index (χ4v) is 3.70. The number of aromatic nitrogens is 2. The first-order valence-electron chi connectivity index (χ1n) is 8.23. The van der Waals surface area contributed by atoms with Gasteiger partial charge in [-0.05, 0) is 31.1 Å². The summed E-state index contributed by atoms with van der Waals surface area (Å²) in [7, 11) is 0. The minimum atomic E-state index is -0.111. The molecule has 4 rings (SSSR count). The Morgan fingerprint density at radius 3 is 2.87 bits per heavy atom. The molecule has 1 aliphatic carbocycles. The van der Waals surface area contributed by atoms with Crippen LogP contribution in [0.3, 0.4) is 0 Å². The van der Waals surface area contributed by atoms with Crippen molar-refractivity contribution in [3.8, 4) is 0 Å². The first-order chi connectivity index (χ1) is 11.2. The van der Waals surface area contributed by atoms with Gasteiger partial charge in [-0.1, -0.05) is 19.3 Å². The Morgan fingerprint density at radius 1 is 1.22 bits per heavy atom. The topological polar surface area (TPSA) is 66.1 Å². The van der Waals surface area contributed by atoms with Gasteiger partial charge in [0.05, 0.1) is 6.42 Å². The number of nitrogens with zero attached hydrogens (tertiary/aromatic N) is 2. The maximum atomic E-state index is 12.7. The largest absolute Gasteiger partial charge is 0.346 e. The average molecular weight is 309 g/mol. The molecule has 2 aromatic heterocycles. The van der Waals surface area contributed by atoms with E-state index in [1.165, 1.54) is 11.3 Å². The fraction of sp³-hybridized carbons (Fsp3) is 0.389. The van der Waals surface area contributed by atoms with Crippen molar-refractivity contribution < 1.29 is 9.59 Å². The highest BCUT2D eigenvalue weighted by Crippen LogP contribution is 2.31. The van der Waals surface area contributed by atoms with Crippen molar-refractivity contribution in [2.24, 2.45) is 0 Å². The lowest BCUT2D eigenvalue weighted by atomic mass is 9.94. The van der Waals surface area contributed by atoms with Crippen LogP contribution >= 0.6 is 0 Å². The highest BCUT2D eigenvalue weighted by molar-refractivity contribution is 6.16. The first kappa shape index (κ1) is 14.2. The van der Waals surface area contributed by atoms with Crippen LogP contribution in [-0.2, 0) is 9.59 Å². The van der Waals surface area contributed by atoms with E-state index >= 15 is 0 Å². The van der Waals surface area contributed by atoms with Gasteiger partial charge in [-0.15, -0.1) is 0 Å². The number of amides is 2. The molecule has 2 aromatic rings.